The molecule has 2 N–H and O–H groups in total. The number of imidazole rings is 4. The van der Waals surface area contributed by atoms with E-state index in [4.69, 9.17) is 11.6 Å². The number of hydrogen-bond donors (Lipinski definition) is 2. The Bertz CT molecular complexity index is 1510. The van der Waals surface area contributed by atoms with Crippen molar-refractivity contribution in [1.82, 2.24) is 39.0 Å². The van der Waals surface area contributed by atoms with Crippen LogP contribution in [-0.2, 0) is 14.1 Å². The Morgan fingerprint density at radius 1 is 0.850 bits per heavy atom. The molecule has 0 saturated heterocycles. The lowest BCUT2D eigenvalue weighted by atomic mass is 10.5. The smallest absolute Gasteiger partial charge is 0.358 e. The van der Waals surface area contributed by atoms with Gasteiger partial charge in [0.2, 0.25) is 0 Å². The first-order chi connectivity index (χ1) is 18.5. The summed E-state index contributed by atoms with van der Waals surface area (Å²) in [5.74, 6) is -0.499. The molecule has 40 heavy (non-hydrogen) atoms. The van der Waals surface area contributed by atoms with Crippen LogP contribution in [0.3, 0.4) is 0 Å². The van der Waals surface area contributed by atoms with Gasteiger partial charge in [-0.3, -0.25) is 4.57 Å². The molecule has 0 radical (unpaired) electrons. The van der Waals surface area contributed by atoms with Gasteiger partial charge in [0.25, 0.3) is 19.5 Å². The van der Waals surface area contributed by atoms with Crippen LogP contribution in [0.1, 0.15) is 11.4 Å². The second-order valence-corrected chi connectivity index (χ2v) is 9.40. The van der Waals surface area contributed by atoms with Gasteiger partial charge in [-0.05, 0) is 55.1 Å². The molecule has 4 aromatic rings. The summed E-state index contributed by atoms with van der Waals surface area (Å²) in [4.78, 5) is 57.4. The topological polar surface area (TPSA) is 266 Å². The third-order valence-corrected chi connectivity index (χ3v) is 6.22. The van der Waals surface area contributed by atoms with Crippen molar-refractivity contribution in [1.29, 1.82) is 0 Å². The Morgan fingerprint density at radius 3 is 1.65 bits per heavy atom. The third kappa shape index (κ3) is 10.0. The molecule has 0 fully saturated rings. The van der Waals surface area contributed by atoms with Crippen LogP contribution in [0.4, 0.5) is 23.3 Å². The zero-order valence-electron chi connectivity index (χ0n) is 20.4. The average Bonchev–Trinajstić information content (AvgIpc) is 3.60. The number of nitrogens with zero attached hydrogens (tertiary/aromatic N) is 10. The maximum absolute atomic E-state index is 10.3. The van der Waals surface area contributed by atoms with Gasteiger partial charge in [0.05, 0.1) is 0 Å². The highest BCUT2D eigenvalue weighted by Crippen LogP contribution is 2.20. The van der Waals surface area contributed by atoms with Gasteiger partial charge in [-0.1, -0.05) is 0 Å². The van der Waals surface area contributed by atoms with E-state index >= 15 is 0 Å². The molecule has 0 aliphatic heterocycles. The fourth-order valence-corrected chi connectivity index (χ4v) is 3.51. The quantitative estimate of drug-likeness (QED) is 0.208. The Labute approximate surface area is 252 Å². The van der Waals surface area contributed by atoms with Crippen molar-refractivity contribution >= 4 is 82.7 Å². The standard InChI is InChI=1S/C5H6BrN3O2.2C4H4BrN3O2.C3H2ClN3O2/c1-3-4(9(10)11)7-5(6)8(3)2;1-7-2-3(8(9)10)6-4(7)5;1-2-3(8(9)10)7-4(5)6-2;4-3-5-1-2(6-3)7(8)9/h1-2H3;2H,1H3;1H3,(H,6,7);1H,(H,5,6). The predicted molar refractivity (Wildman–Crippen MR) is 148 cm³/mol. The minimum absolute atomic E-state index is 0.0294. The van der Waals surface area contributed by atoms with E-state index in [1.165, 1.54) is 10.8 Å². The molecule has 0 aromatic carbocycles. The van der Waals surface area contributed by atoms with E-state index < -0.39 is 19.7 Å². The number of H-pyrrole nitrogens is 2. The van der Waals surface area contributed by atoms with Crippen molar-refractivity contribution in [2.75, 3.05) is 0 Å². The molecular formula is C16H16Br3ClN12O8. The highest BCUT2D eigenvalue weighted by Gasteiger charge is 2.20. The van der Waals surface area contributed by atoms with Crippen molar-refractivity contribution < 1.29 is 19.7 Å². The second-order valence-electron chi connectivity index (χ2n) is 6.88. The molecule has 24 heteroatoms. The molecule has 216 valence electrons. The molecular weight excluding hydrogens is 763 g/mol. The van der Waals surface area contributed by atoms with E-state index in [2.05, 4.69) is 77.7 Å². The number of aromatic amines is 2. The fraction of sp³-hybridized carbons (Fsp3) is 0.250. The van der Waals surface area contributed by atoms with Crippen LogP contribution in [0.5, 0.6) is 0 Å². The SMILES string of the molecule is Cc1c([N+](=O)[O-])nc(Br)n1C.Cc1nc(Br)[nH]c1[N+](=O)[O-].Cn1cc([N+](=O)[O-])nc1Br.O=[N+]([O-])c1cnc(Cl)[nH]1. The third-order valence-electron chi connectivity index (χ3n) is 4.21. The van der Waals surface area contributed by atoms with Crippen LogP contribution in [0, 0.1) is 54.3 Å². The lowest BCUT2D eigenvalue weighted by molar-refractivity contribution is -0.390. The first-order valence-corrected chi connectivity index (χ1v) is 12.6. The van der Waals surface area contributed by atoms with Crippen molar-refractivity contribution in [3.8, 4) is 0 Å². The second kappa shape index (κ2) is 15.1. The van der Waals surface area contributed by atoms with E-state index in [1.807, 2.05) is 0 Å². The van der Waals surface area contributed by atoms with Crippen molar-refractivity contribution in [2.24, 2.45) is 14.1 Å². The van der Waals surface area contributed by atoms with Crippen LogP contribution in [0.25, 0.3) is 0 Å². The molecule has 0 aliphatic carbocycles. The van der Waals surface area contributed by atoms with Gasteiger partial charge in [-0.25, -0.2) is 9.97 Å². The largest absolute Gasteiger partial charge is 0.385 e. The summed E-state index contributed by atoms with van der Waals surface area (Å²) in [6, 6.07) is 0. The molecule has 0 atom stereocenters. The number of nitrogens with one attached hydrogen (secondary N) is 2. The van der Waals surface area contributed by atoms with Gasteiger partial charge in [0, 0.05) is 61.9 Å². The van der Waals surface area contributed by atoms with Gasteiger partial charge < -0.3 is 45.0 Å². The molecule has 0 bridgehead atoms. The van der Waals surface area contributed by atoms with Gasteiger partial charge in [0.1, 0.15) is 23.8 Å². The average molecular weight is 780 g/mol. The summed E-state index contributed by atoms with van der Waals surface area (Å²) >= 11 is 14.3. The maximum Gasteiger partial charge on any atom is 0.385 e. The predicted octanol–water partition coefficient (Wildman–Crippen LogP) is 4.85. The molecule has 4 rings (SSSR count). The van der Waals surface area contributed by atoms with E-state index in [0.717, 1.165) is 6.20 Å². The molecule has 0 spiro atoms. The minimum Gasteiger partial charge on any atom is -0.358 e. The van der Waals surface area contributed by atoms with Gasteiger partial charge >= 0.3 is 23.3 Å². The fourth-order valence-electron chi connectivity index (χ4n) is 2.20. The lowest BCUT2D eigenvalue weighted by Gasteiger charge is -1.91. The van der Waals surface area contributed by atoms with Crippen LogP contribution < -0.4 is 0 Å². The first kappa shape index (κ1) is 34.2. The van der Waals surface area contributed by atoms with Gasteiger partial charge in [-0.2, -0.15) is 9.97 Å². The van der Waals surface area contributed by atoms with Crippen molar-refractivity contribution in [3.05, 3.63) is 83.7 Å². The molecule has 4 heterocycles. The number of halogens is 4. The summed E-state index contributed by atoms with van der Waals surface area (Å²) in [5, 5.41) is 40.4. The van der Waals surface area contributed by atoms with Crippen molar-refractivity contribution in [3.63, 3.8) is 0 Å². The van der Waals surface area contributed by atoms with Gasteiger partial charge in [0.15, 0.2) is 0 Å². The molecule has 0 unspecified atom stereocenters. The van der Waals surface area contributed by atoms with E-state index in [1.54, 1.807) is 32.5 Å². The van der Waals surface area contributed by atoms with Gasteiger partial charge in [-0.15, -0.1) is 0 Å². The van der Waals surface area contributed by atoms with Crippen LogP contribution >= 0.6 is 59.4 Å². The summed E-state index contributed by atoms with van der Waals surface area (Å²) in [7, 11) is 3.38. The number of hydrogen-bond acceptors (Lipinski definition) is 12. The van der Waals surface area contributed by atoms with E-state index in [0.29, 0.717) is 25.6 Å². The first-order valence-electron chi connectivity index (χ1n) is 9.84. The molecule has 0 saturated carbocycles. The Morgan fingerprint density at radius 2 is 1.45 bits per heavy atom. The Kier molecular flexibility index (Phi) is 12.9. The zero-order chi connectivity index (χ0) is 30.9. The number of aromatic nitrogens is 8. The monoisotopic (exact) mass is 776 g/mol. The summed E-state index contributed by atoms with van der Waals surface area (Å²) < 4.78 is 4.45. The normalized spacial score (nSPS) is 9.80. The van der Waals surface area contributed by atoms with Crippen LogP contribution in [-0.4, -0.2) is 58.7 Å². The van der Waals surface area contributed by atoms with Crippen molar-refractivity contribution in [2.45, 2.75) is 13.8 Å². The Balaban J connectivity index is 0.000000267. The van der Waals surface area contributed by atoms with Crippen LogP contribution in [0.15, 0.2) is 26.6 Å². The summed E-state index contributed by atoms with van der Waals surface area (Å²) in [6.07, 6.45) is 2.40. The molecule has 20 nitrogen and oxygen atoms in total. The van der Waals surface area contributed by atoms with E-state index in [-0.39, 0.29) is 28.6 Å². The highest BCUT2D eigenvalue weighted by atomic mass is 79.9. The number of aryl methyl sites for hydroxylation is 2. The minimum atomic E-state index is -0.598. The number of nitro groups is 4. The summed E-state index contributed by atoms with van der Waals surface area (Å²) in [6.45, 7) is 3.22. The molecule has 4 aromatic heterocycles. The highest BCUT2D eigenvalue weighted by molar-refractivity contribution is 9.10. The summed E-state index contributed by atoms with van der Waals surface area (Å²) in [5.41, 5.74) is 0.929. The number of rotatable bonds is 4. The molecule has 0 aliphatic rings. The van der Waals surface area contributed by atoms with Crippen LogP contribution in [0.2, 0.25) is 5.28 Å². The zero-order valence-corrected chi connectivity index (χ0v) is 25.9. The van der Waals surface area contributed by atoms with E-state index in [9.17, 15) is 40.5 Å². The lowest BCUT2D eigenvalue weighted by Crippen LogP contribution is -1.93. The Hall–Kier alpha value is -3.83. The molecule has 0 amide bonds. The maximum atomic E-state index is 10.3.